The highest BCUT2D eigenvalue weighted by molar-refractivity contribution is 7.88. The van der Waals surface area contributed by atoms with Crippen molar-refractivity contribution in [3.63, 3.8) is 0 Å². The van der Waals surface area contributed by atoms with Crippen molar-refractivity contribution in [1.29, 1.82) is 0 Å². The summed E-state index contributed by atoms with van der Waals surface area (Å²) in [5, 5.41) is 0. The maximum Gasteiger partial charge on any atom is 0.433 e. The first-order chi connectivity index (χ1) is 12.5. The highest BCUT2D eigenvalue weighted by atomic mass is 32.2. The van der Waals surface area contributed by atoms with Crippen molar-refractivity contribution >= 4 is 15.9 Å². The predicted molar refractivity (Wildman–Crippen MR) is 89.4 cm³/mol. The maximum absolute atomic E-state index is 12.7. The van der Waals surface area contributed by atoms with Gasteiger partial charge in [-0.25, -0.2) is 17.7 Å². The van der Waals surface area contributed by atoms with Gasteiger partial charge in [0.05, 0.1) is 19.3 Å². The molecule has 7 nitrogen and oxygen atoms in total. The number of alkyl halides is 3. The Morgan fingerprint density at radius 1 is 1.22 bits per heavy atom. The zero-order valence-corrected chi connectivity index (χ0v) is 15.5. The average Bonchev–Trinajstić information content (AvgIpc) is 2.56. The number of nitrogens with zero attached hydrogens (tertiary/aromatic N) is 3. The minimum atomic E-state index is -4.54. The molecular weight excluding hydrogens is 387 g/mol. The predicted octanol–water partition coefficient (Wildman–Crippen LogP) is 1.36. The van der Waals surface area contributed by atoms with E-state index in [1.165, 1.54) is 16.4 Å². The van der Waals surface area contributed by atoms with Crippen molar-refractivity contribution in [3.8, 4) is 5.88 Å². The minimum Gasteiger partial charge on any atom is -0.471 e. The summed E-state index contributed by atoms with van der Waals surface area (Å²) in [6, 6.07) is 3.44. The van der Waals surface area contributed by atoms with Crippen molar-refractivity contribution in [2.45, 2.75) is 25.1 Å². The lowest BCUT2D eigenvalue weighted by atomic mass is 9.95. The number of aromatic nitrogens is 1. The molecule has 3 heterocycles. The van der Waals surface area contributed by atoms with Crippen molar-refractivity contribution in [1.82, 2.24) is 14.2 Å². The molecule has 2 aliphatic rings. The molecule has 1 amide bonds. The van der Waals surface area contributed by atoms with E-state index in [4.69, 9.17) is 4.74 Å². The Hall–Kier alpha value is -1.88. The molecule has 0 aromatic carbocycles. The van der Waals surface area contributed by atoms with Crippen LogP contribution in [0.1, 0.15) is 18.5 Å². The lowest BCUT2D eigenvalue weighted by Gasteiger charge is -2.41. The average molecular weight is 407 g/mol. The molecule has 0 unspecified atom stereocenters. The van der Waals surface area contributed by atoms with Crippen molar-refractivity contribution in [2.24, 2.45) is 5.92 Å². The standard InChI is InChI=1S/C16H20F3N3O4S/c1-27(24,25)22-7-5-11(6-8-22)15(23)21-9-12(10-21)26-14-4-2-3-13(20-14)16(17,18)19/h2-4,11-12H,5-10H2,1H3. The number of halogens is 3. The number of hydrogen-bond donors (Lipinski definition) is 0. The summed E-state index contributed by atoms with van der Waals surface area (Å²) in [4.78, 5) is 17.5. The first-order valence-corrected chi connectivity index (χ1v) is 10.3. The highest BCUT2D eigenvalue weighted by Gasteiger charge is 2.38. The molecule has 0 N–H and O–H groups in total. The molecule has 2 saturated heterocycles. The molecule has 0 atom stereocenters. The largest absolute Gasteiger partial charge is 0.471 e. The number of pyridine rings is 1. The van der Waals surface area contributed by atoms with Crippen LogP contribution in [0.15, 0.2) is 18.2 Å². The molecule has 0 bridgehead atoms. The van der Waals surface area contributed by atoms with E-state index in [9.17, 15) is 26.4 Å². The molecule has 2 aliphatic heterocycles. The molecule has 0 spiro atoms. The van der Waals surface area contributed by atoms with Crippen LogP contribution >= 0.6 is 0 Å². The number of hydrogen-bond acceptors (Lipinski definition) is 5. The summed E-state index contributed by atoms with van der Waals surface area (Å²) < 4.78 is 67.8. The van der Waals surface area contributed by atoms with Gasteiger partial charge in [-0.3, -0.25) is 4.79 Å². The van der Waals surface area contributed by atoms with Gasteiger partial charge in [0.2, 0.25) is 21.8 Å². The maximum atomic E-state index is 12.7. The molecule has 0 saturated carbocycles. The first kappa shape index (κ1) is 19.9. The Morgan fingerprint density at radius 2 is 1.85 bits per heavy atom. The van der Waals surface area contributed by atoms with Gasteiger partial charge >= 0.3 is 6.18 Å². The summed E-state index contributed by atoms with van der Waals surface area (Å²) in [5.74, 6) is -0.431. The van der Waals surface area contributed by atoms with Gasteiger partial charge < -0.3 is 9.64 Å². The van der Waals surface area contributed by atoms with Crippen LogP contribution in [-0.4, -0.2) is 67.1 Å². The molecule has 27 heavy (non-hydrogen) atoms. The van der Waals surface area contributed by atoms with Gasteiger partial charge in [-0.1, -0.05) is 6.07 Å². The fraction of sp³-hybridized carbons (Fsp3) is 0.625. The van der Waals surface area contributed by atoms with Gasteiger partial charge in [-0.2, -0.15) is 13.2 Å². The SMILES string of the molecule is CS(=O)(=O)N1CCC(C(=O)N2CC(Oc3cccc(C(F)(F)F)n3)C2)CC1. The Labute approximate surface area is 155 Å². The van der Waals surface area contributed by atoms with Crippen LogP contribution in [0.25, 0.3) is 0 Å². The van der Waals surface area contributed by atoms with Gasteiger partial charge in [-0.05, 0) is 18.9 Å². The van der Waals surface area contributed by atoms with E-state index >= 15 is 0 Å². The topological polar surface area (TPSA) is 79.8 Å². The third kappa shape index (κ3) is 4.70. The molecular formula is C16H20F3N3O4S. The van der Waals surface area contributed by atoms with Gasteiger partial charge in [0, 0.05) is 25.1 Å². The van der Waals surface area contributed by atoms with Crippen molar-refractivity contribution < 1.29 is 31.1 Å². The first-order valence-electron chi connectivity index (χ1n) is 8.49. The monoisotopic (exact) mass is 407 g/mol. The van der Waals surface area contributed by atoms with Gasteiger partial charge in [0.15, 0.2) is 0 Å². The number of carbonyl (C=O) groups is 1. The smallest absolute Gasteiger partial charge is 0.433 e. The number of likely N-dealkylation sites (tertiary alicyclic amines) is 1. The fourth-order valence-electron chi connectivity index (χ4n) is 3.19. The van der Waals surface area contributed by atoms with Gasteiger partial charge in [-0.15, -0.1) is 0 Å². The highest BCUT2D eigenvalue weighted by Crippen LogP contribution is 2.29. The Bertz CT molecular complexity index is 801. The van der Waals surface area contributed by atoms with E-state index in [1.54, 1.807) is 4.90 Å². The summed E-state index contributed by atoms with van der Waals surface area (Å²) in [6.07, 6.45) is -2.87. The van der Waals surface area contributed by atoms with E-state index in [-0.39, 0.29) is 30.8 Å². The second-order valence-electron chi connectivity index (χ2n) is 6.78. The second kappa shape index (κ2) is 7.27. The van der Waals surface area contributed by atoms with Crippen LogP contribution in [0.2, 0.25) is 0 Å². The summed E-state index contributed by atoms with van der Waals surface area (Å²) in [6.45, 7) is 1.19. The van der Waals surface area contributed by atoms with Gasteiger partial charge in [0.25, 0.3) is 0 Å². The fourth-order valence-corrected chi connectivity index (χ4v) is 4.07. The minimum absolute atomic E-state index is 0.0694. The van der Waals surface area contributed by atoms with Crippen LogP contribution < -0.4 is 4.74 Å². The molecule has 150 valence electrons. The molecule has 3 rings (SSSR count). The summed E-state index contributed by atoms with van der Waals surface area (Å²) >= 11 is 0. The van der Waals surface area contributed by atoms with E-state index in [1.807, 2.05) is 0 Å². The lowest BCUT2D eigenvalue weighted by molar-refractivity contribution is -0.146. The van der Waals surface area contributed by atoms with Crippen LogP contribution in [0, 0.1) is 5.92 Å². The van der Waals surface area contributed by atoms with Crippen LogP contribution in [-0.2, 0) is 21.0 Å². The van der Waals surface area contributed by atoms with E-state index in [2.05, 4.69) is 4.98 Å². The third-order valence-electron chi connectivity index (χ3n) is 4.73. The Balaban J connectivity index is 1.48. The second-order valence-corrected chi connectivity index (χ2v) is 8.76. The number of sulfonamides is 1. The zero-order chi connectivity index (χ0) is 19.8. The molecule has 11 heteroatoms. The van der Waals surface area contributed by atoms with Crippen LogP contribution in [0.4, 0.5) is 13.2 Å². The molecule has 1 aromatic rings. The van der Waals surface area contributed by atoms with E-state index < -0.39 is 28.0 Å². The van der Waals surface area contributed by atoms with Gasteiger partial charge in [0.1, 0.15) is 11.8 Å². The molecule has 2 fully saturated rings. The summed E-state index contributed by atoms with van der Waals surface area (Å²) in [7, 11) is -3.24. The number of rotatable bonds is 4. The number of ether oxygens (including phenoxy) is 1. The molecule has 0 radical (unpaired) electrons. The number of amides is 1. The zero-order valence-electron chi connectivity index (χ0n) is 14.6. The lowest BCUT2D eigenvalue weighted by Crippen LogP contribution is -2.58. The van der Waals surface area contributed by atoms with Crippen molar-refractivity contribution in [2.75, 3.05) is 32.4 Å². The number of carbonyl (C=O) groups excluding carboxylic acids is 1. The van der Waals surface area contributed by atoms with Crippen molar-refractivity contribution in [3.05, 3.63) is 23.9 Å². The Morgan fingerprint density at radius 3 is 2.41 bits per heavy atom. The quantitative estimate of drug-likeness (QED) is 0.753. The van der Waals surface area contributed by atoms with Crippen LogP contribution in [0.3, 0.4) is 0 Å². The molecule has 0 aliphatic carbocycles. The van der Waals surface area contributed by atoms with E-state index in [0.717, 1.165) is 12.3 Å². The Kier molecular flexibility index (Phi) is 5.35. The molecule has 1 aromatic heterocycles. The van der Waals surface area contributed by atoms with E-state index in [0.29, 0.717) is 25.9 Å². The number of piperidine rings is 1. The third-order valence-corrected chi connectivity index (χ3v) is 6.04. The normalized spacial score (nSPS) is 20.4. The summed E-state index contributed by atoms with van der Waals surface area (Å²) in [5.41, 5.74) is -1.02. The van der Waals surface area contributed by atoms with Crippen LogP contribution in [0.5, 0.6) is 5.88 Å².